The van der Waals surface area contributed by atoms with Crippen molar-refractivity contribution in [1.82, 2.24) is 20.8 Å². The zero-order valence-electron chi connectivity index (χ0n) is 14.9. The molecule has 2 aromatic heterocycles. The van der Waals surface area contributed by atoms with E-state index in [0.717, 1.165) is 37.7 Å². The monoisotopic (exact) mass is 349 g/mol. The van der Waals surface area contributed by atoms with E-state index >= 15 is 0 Å². The zero-order chi connectivity index (χ0) is 17.4. The average molecular weight is 350 g/mol. The third-order valence-electron chi connectivity index (χ3n) is 3.39. The second-order valence-corrected chi connectivity index (χ2v) is 7.31. The molecule has 132 valence electrons. The summed E-state index contributed by atoms with van der Waals surface area (Å²) in [6, 6.07) is 4.26. The maximum Gasteiger partial charge on any atom is 0.226 e. The van der Waals surface area contributed by atoms with E-state index < -0.39 is 0 Å². The molecule has 0 saturated heterocycles. The lowest BCUT2D eigenvalue weighted by Crippen LogP contribution is -2.37. The van der Waals surface area contributed by atoms with Crippen LogP contribution in [-0.2, 0) is 13.0 Å². The van der Waals surface area contributed by atoms with Gasteiger partial charge in [0.05, 0.1) is 6.54 Å². The second kappa shape index (κ2) is 9.42. The van der Waals surface area contributed by atoms with Crippen molar-refractivity contribution < 1.29 is 4.52 Å². The first-order valence-electron chi connectivity index (χ1n) is 8.48. The molecule has 0 aliphatic heterocycles. The summed E-state index contributed by atoms with van der Waals surface area (Å²) < 4.78 is 5.25. The molecule has 0 aromatic carbocycles. The maximum atomic E-state index is 5.25. The number of guanidine groups is 1. The third kappa shape index (κ3) is 5.96. The van der Waals surface area contributed by atoms with Crippen LogP contribution in [0.1, 0.15) is 54.6 Å². The van der Waals surface area contributed by atoms with Crippen molar-refractivity contribution in [3.63, 3.8) is 0 Å². The Kier molecular flexibility index (Phi) is 7.24. The molecular weight excluding hydrogens is 322 g/mol. The van der Waals surface area contributed by atoms with E-state index in [0.29, 0.717) is 18.4 Å². The second-order valence-electron chi connectivity index (χ2n) is 5.94. The molecule has 2 rings (SSSR count). The molecular formula is C17H27N5OS. The minimum Gasteiger partial charge on any atom is -0.357 e. The van der Waals surface area contributed by atoms with Gasteiger partial charge in [-0.2, -0.15) is 4.98 Å². The summed E-state index contributed by atoms with van der Waals surface area (Å²) in [4.78, 5) is 11.6. The highest BCUT2D eigenvalue weighted by Crippen LogP contribution is 2.15. The number of hydrogen-bond acceptors (Lipinski definition) is 5. The highest BCUT2D eigenvalue weighted by Gasteiger charge is 2.09. The fraction of sp³-hybridized carbons (Fsp3) is 0.588. The van der Waals surface area contributed by atoms with Crippen LogP contribution in [0.3, 0.4) is 0 Å². The molecule has 0 spiro atoms. The van der Waals surface area contributed by atoms with Crippen LogP contribution in [0, 0.1) is 6.92 Å². The molecule has 0 saturated carbocycles. The normalized spacial score (nSPS) is 12.0. The summed E-state index contributed by atoms with van der Waals surface area (Å²) in [6.45, 7) is 10.7. The molecule has 2 N–H and O–H groups in total. The predicted molar refractivity (Wildman–Crippen MR) is 98.6 cm³/mol. The molecule has 0 unspecified atom stereocenters. The summed E-state index contributed by atoms with van der Waals surface area (Å²) in [5.41, 5.74) is 0. The molecule has 0 aliphatic rings. The Balaban J connectivity index is 1.76. The average Bonchev–Trinajstić information content (AvgIpc) is 3.18. The van der Waals surface area contributed by atoms with E-state index in [1.54, 1.807) is 11.3 Å². The smallest absolute Gasteiger partial charge is 0.226 e. The zero-order valence-corrected chi connectivity index (χ0v) is 15.7. The van der Waals surface area contributed by atoms with Crippen LogP contribution in [0.2, 0.25) is 0 Å². The first-order valence-corrected chi connectivity index (χ1v) is 9.30. The van der Waals surface area contributed by atoms with Gasteiger partial charge in [-0.15, -0.1) is 11.3 Å². The van der Waals surface area contributed by atoms with Crippen molar-refractivity contribution in [2.24, 2.45) is 4.99 Å². The van der Waals surface area contributed by atoms with Gasteiger partial charge in [-0.1, -0.05) is 19.0 Å². The largest absolute Gasteiger partial charge is 0.357 e. The van der Waals surface area contributed by atoms with Gasteiger partial charge in [-0.3, -0.25) is 0 Å². The van der Waals surface area contributed by atoms with Gasteiger partial charge in [0.25, 0.3) is 0 Å². The van der Waals surface area contributed by atoms with Gasteiger partial charge in [0.15, 0.2) is 11.8 Å². The molecule has 0 bridgehead atoms. The maximum absolute atomic E-state index is 5.25. The first kappa shape index (κ1) is 18.4. The van der Waals surface area contributed by atoms with Crippen LogP contribution in [-0.4, -0.2) is 29.2 Å². The van der Waals surface area contributed by atoms with Gasteiger partial charge >= 0.3 is 0 Å². The van der Waals surface area contributed by atoms with Crippen molar-refractivity contribution in [3.8, 4) is 0 Å². The lowest BCUT2D eigenvalue weighted by atomic mass is 10.2. The summed E-state index contributed by atoms with van der Waals surface area (Å²) in [6.07, 6.45) is 1.69. The van der Waals surface area contributed by atoms with Crippen molar-refractivity contribution in [3.05, 3.63) is 33.6 Å². The van der Waals surface area contributed by atoms with Gasteiger partial charge in [0, 0.05) is 35.2 Å². The number of nitrogens with one attached hydrogen (secondary N) is 2. The SMILES string of the molecule is CCNC(=NCc1ccc(C)s1)NCCCc1nc(C(C)C)no1. The van der Waals surface area contributed by atoms with E-state index in [2.05, 4.69) is 65.6 Å². The summed E-state index contributed by atoms with van der Waals surface area (Å²) in [7, 11) is 0. The fourth-order valence-corrected chi connectivity index (χ4v) is 2.93. The molecule has 2 aromatic rings. The Morgan fingerprint density at radius 2 is 2.17 bits per heavy atom. The Morgan fingerprint density at radius 3 is 2.79 bits per heavy atom. The fourth-order valence-electron chi connectivity index (χ4n) is 2.12. The van der Waals surface area contributed by atoms with E-state index in [9.17, 15) is 0 Å². The Bertz CT molecular complexity index is 647. The molecule has 0 fully saturated rings. The van der Waals surface area contributed by atoms with Crippen LogP contribution < -0.4 is 10.6 Å². The molecule has 0 aliphatic carbocycles. The van der Waals surface area contributed by atoms with Gasteiger partial charge < -0.3 is 15.2 Å². The summed E-state index contributed by atoms with van der Waals surface area (Å²) in [5.74, 6) is 2.63. The number of aliphatic imine (C=N–C) groups is 1. The lowest BCUT2D eigenvalue weighted by molar-refractivity contribution is 0.368. The molecule has 0 atom stereocenters. The molecule has 24 heavy (non-hydrogen) atoms. The number of thiophene rings is 1. The van der Waals surface area contributed by atoms with Crippen LogP contribution in [0.4, 0.5) is 0 Å². The van der Waals surface area contributed by atoms with E-state index in [1.807, 2.05) is 0 Å². The van der Waals surface area contributed by atoms with Crippen molar-refractivity contribution >= 4 is 17.3 Å². The van der Waals surface area contributed by atoms with Crippen LogP contribution in [0.25, 0.3) is 0 Å². The highest BCUT2D eigenvalue weighted by atomic mass is 32.1. The quantitative estimate of drug-likeness (QED) is 0.435. The number of hydrogen-bond donors (Lipinski definition) is 2. The van der Waals surface area contributed by atoms with E-state index in [-0.39, 0.29) is 0 Å². The lowest BCUT2D eigenvalue weighted by Gasteiger charge is -2.10. The minimum atomic E-state index is 0.300. The van der Waals surface area contributed by atoms with Crippen molar-refractivity contribution in [1.29, 1.82) is 0 Å². The standard InChI is InChI=1S/C17H27N5OS/c1-5-18-17(20-11-14-9-8-13(4)24-14)19-10-6-7-15-21-16(12(2)3)22-23-15/h8-9,12H,5-7,10-11H2,1-4H3,(H2,18,19,20). The van der Waals surface area contributed by atoms with E-state index in [1.165, 1.54) is 9.75 Å². The number of aromatic nitrogens is 2. The minimum absolute atomic E-state index is 0.300. The molecule has 0 amide bonds. The third-order valence-corrected chi connectivity index (χ3v) is 4.38. The first-order chi connectivity index (χ1) is 11.6. The van der Waals surface area contributed by atoms with Gasteiger partial charge in [-0.05, 0) is 32.4 Å². The molecule has 2 heterocycles. The van der Waals surface area contributed by atoms with Gasteiger partial charge in [0.2, 0.25) is 5.89 Å². The molecule has 6 nitrogen and oxygen atoms in total. The van der Waals surface area contributed by atoms with Gasteiger partial charge in [-0.25, -0.2) is 4.99 Å². The Labute approximate surface area is 147 Å². The summed E-state index contributed by atoms with van der Waals surface area (Å²) in [5, 5.41) is 10.6. The van der Waals surface area contributed by atoms with Crippen LogP contribution >= 0.6 is 11.3 Å². The highest BCUT2D eigenvalue weighted by molar-refractivity contribution is 7.11. The topological polar surface area (TPSA) is 75.3 Å². The number of nitrogens with zero attached hydrogens (tertiary/aromatic N) is 3. The number of rotatable bonds is 8. The van der Waals surface area contributed by atoms with Crippen LogP contribution in [0.5, 0.6) is 0 Å². The molecule has 0 radical (unpaired) electrons. The van der Waals surface area contributed by atoms with Gasteiger partial charge in [0.1, 0.15) is 0 Å². The van der Waals surface area contributed by atoms with Crippen molar-refractivity contribution in [2.75, 3.05) is 13.1 Å². The predicted octanol–water partition coefficient (Wildman–Crippen LogP) is 3.25. The Hall–Kier alpha value is -1.89. The summed E-state index contributed by atoms with van der Waals surface area (Å²) >= 11 is 1.79. The molecule has 7 heteroatoms. The van der Waals surface area contributed by atoms with Crippen molar-refractivity contribution in [2.45, 2.75) is 53.0 Å². The Morgan fingerprint density at radius 1 is 1.33 bits per heavy atom. The number of aryl methyl sites for hydroxylation is 2. The van der Waals surface area contributed by atoms with Crippen LogP contribution in [0.15, 0.2) is 21.6 Å². The van der Waals surface area contributed by atoms with E-state index in [4.69, 9.17) is 4.52 Å².